The van der Waals surface area contributed by atoms with Gasteiger partial charge in [-0.15, -0.1) is 0 Å². The molecule has 0 saturated heterocycles. The van der Waals surface area contributed by atoms with E-state index in [0.29, 0.717) is 5.69 Å². The zero-order chi connectivity index (χ0) is 13.8. The van der Waals surface area contributed by atoms with Crippen LogP contribution in [0.25, 0.3) is 0 Å². The van der Waals surface area contributed by atoms with E-state index in [1.807, 2.05) is 0 Å². The Morgan fingerprint density at radius 3 is 2.67 bits per heavy atom. The quantitative estimate of drug-likeness (QED) is 0.505. The lowest BCUT2D eigenvalue weighted by molar-refractivity contribution is -0.384. The van der Waals surface area contributed by atoms with Crippen LogP contribution >= 0.6 is 0 Å². The summed E-state index contributed by atoms with van der Waals surface area (Å²) < 4.78 is 5.10. The van der Waals surface area contributed by atoms with Crippen LogP contribution in [0.2, 0.25) is 0 Å². The Hall–Kier alpha value is -2.11. The van der Waals surface area contributed by atoms with Crippen LogP contribution in [0, 0.1) is 10.1 Å². The first-order valence-corrected chi connectivity index (χ1v) is 5.48. The van der Waals surface area contributed by atoms with Gasteiger partial charge in [-0.25, -0.2) is 0 Å². The molecule has 6 nitrogen and oxygen atoms in total. The van der Waals surface area contributed by atoms with Crippen molar-refractivity contribution in [3.05, 3.63) is 34.4 Å². The van der Waals surface area contributed by atoms with Crippen molar-refractivity contribution < 1.29 is 14.5 Å². The largest absolute Gasteiger partial charge is 0.459 e. The summed E-state index contributed by atoms with van der Waals surface area (Å²) in [5.41, 5.74) is -0.0548. The molecule has 0 spiro atoms. The number of non-ortho nitro benzene ring substituents is 1. The second kappa shape index (κ2) is 5.48. The third-order valence-corrected chi connectivity index (χ3v) is 1.91. The van der Waals surface area contributed by atoms with E-state index in [9.17, 15) is 14.9 Å². The summed E-state index contributed by atoms with van der Waals surface area (Å²) in [6.07, 6.45) is 0. The number of nitrogens with one attached hydrogen (secondary N) is 1. The standard InChI is InChI=1S/C12H16N2O4/c1-12(2,3)18-11(15)8-13-9-5-4-6-10(7-9)14(16)17/h4-7,13H,8H2,1-3H3. The molecule has 1 aromatic rings. The van der Waals surface area contributed by atoms with E-state index in [2.05, 4.69) is 5.32 Å². The van der Waals surface area contributed by atoms with E-state index >= 15 is 0 Å². The van der Waals surface area contributed by atoms with Crippen LogP contribution in [0.15, 0.2) is 24.3 Å². The van der Waals surface area contributed by atoms with Crippen LogP contribution in [0.1, 0.15) is 20.8 Å². The lowest BCUT2D eigenvalue weighted by atomic mass is 10.2. The Bertz CT molecular complexity index is 452. The maximum absolute atomic E-state index is 11.4. The van der Waals surface area contributed by atoms with Gasteiger partial charge < -0.3 is 10.1 Å². The number of nitrogens with zero attached hydrogens (tertiary/aromatic N) is 1. The molecule has 0 heterocycles. The van der Waals surface area contributed by atoms with Crippen LogP contribution < -0.4 is 5.32 Å². The topological polar surface area (TPSA) is 81.5 Å². The fourth-order valence-electron chi connectivity index (χ4n) is 1.28. The number of carbonyl (C=O) groups is 1. The molecule has 0 atom stereocenters. The monoisotopic (exact) mass is 252 g/mol. The van der Waals surface area contributed by atoms with Gasteiger partial charge in [0.25, 0.3) is 5.69 Å². The summed E-state index contributed by atoms with van der Waals surface area (Å²) in [6.45, 7) is 5.30. The Morgan fingerprint density at radius 1 is 1.44 bits per heavy atom. The minimum atomic E-state index is -0.540. The van der Waals surface area contributed by atoms with Crippen LogP contribution in [0.5, 0.6) is 0 Å². The molecule has 98 valence electrons. The number of rotatable bonds is 4. The van der Waals surface area contributed by atoms with Crippen LogP contribution in [0.3, 0.4) is 0 Å². The van der Waals surface area contributed by atoms with Gasteiger partial charge in [0.15, 0.2) is 0 Å². The van der Waals surface area contributed by atoms with Gasteiger partial charge in [-0.3, -0.25) is 14.9 Å². The molecule has 0 amide bonds. The highest BCUT2D eigenvalue weighted by molar-refractivity contribution is 5.75. The molecule has 1 aromatic carbocycles. The molecular formula is C12H16N2O4. The number of carbonyl (C=O) groups excluding carboxylic acids is 1. The number of nitro benzene ring substituents is 1. The summed E-state index contributed by atoms with van der Waals surface area (Å²) in [6, 6.07) is 5.95. The third-order valence-electron chi connectivity index (χ3n) is 1.91. The molecule has 0 aliphatic heterocycles. The maximum atomic E-state index is 11.4. The van der Waals surface area contributed by atoms with Crippen LogP contribution in [0.4, 0.5) is 11.4 Å². The minimum absolute atomic E-state index is 0.0239. The van der Waals surface area contributed by atoms with Gasteiger partial charge in [-0.2, -0.15) is 0 Å². The molecule has 1 N–H and O–H groups in total. The highest BCUT2D eigenvalue weighted by Crippen LogP contribution is 2.17. The fourth-order valence-corrected chi connectivity index (χ4v) is 1.28. The number of anilines is 1. The fraction of sp³-hybridized carbons (Fsp3) is 0.417. The van der Waals surface area contributed by atoms with Gasteiger partial charge in [0.05, 0.1) is 4.92 Å². The summed E-state index contributed by atoms with van der Waals surface area (Å²) >= 11 is 0. The molecule has 0 radical (unpaired) electrons. The van der Waals surface area contributed by atoms with Gasteiger partial charge in [0, 0.05) is 17.8 Å². The number of benzene rings is 1. The smallest absolute Gasteiger partial charge is 0.325 e. The number of esters is 1. The molecule has 0 fully saturated rings. The average Bonchev–Trinajstić information content (AvgIpc) is 2.24. The van der Waals surface area contributed by atoms with E-state index in [1.54, 1.807) is 32.9 Å². The Morgan fingerprint density at radius 2 is 2.11 bits per heavy atom. The first kappa shape index (κ1) is 14.0. The SMILES string of the molecule is CC(C)(C)OC(=O)CNc1cccc([N+](=O)[O-])c1. The van der Waals surface area contributed by atoms with E-state index < -0.39 is 16.5 Å². The van der Waals surface area contributed by atoms with Crippen molar-refractivity contribution in [2.75, 3.05) is 11.9 Å². The van der Waals surface area contributed by atoms with E-state index in [1.165, 1.54) is 12.1 Å². The first-order chi connectivity index (χ1) is 8.28. The van der Waals surface area contributed by atoms with Crippen molar-refractivity contribution in [2.24, 2.45) is 0 Å². The predicted octanol–water partition coefficient (Wildman–Crippen LogP) is 2.35. The summed E-state index contributed by atoms with van der Waals surface area (Å²) in [7, 11) is 0. The molecule has 0 aliphatic carbocycles. The van der Waals surface area contributed by atoms with Crippen molar-refractivity contribution in [3.8, 4) is 0 Å². The van der Waals surface area contributed by atoms with E-state index in [4.69, 9.17) is 4.74 Å². The molecule has 1 rings (SSSR count). The maximum Gasteiger partial charge on any atom is 0.325 e. The predicted molar refractivity (Wildman–Crippen MR) is 67.4 cm³/mol. The minimum Gasteiger partial charge on any atom is -0.459 e. The second-order valence-electron chi connectivity index (χ2n) is 4.75. The van der Waals surface area contributed by atoms with Crippen molar-refractivity contribution in [3.63, 3.8) is 0 Å². The van der Waals surface area contributed by atoms with E-state index in [0.717, 1.165) is 0 Å². The normalized spacial score (nSPS) is 10.8. The van der Waals surface area contributed by atoms with Gasteiger partial charge in [-0.05, 0) is 26.8 Å². The zero-order valence-corrected chi connectivity index (χ0v) is 10.6. The summed E-state index contributed by atoms with van der Waals surface area (Å²) in [5, 5.41) is 13.3. The van der Waals surface area contributed by atoms with Crippen molar-refractivity contribution in [2.45, 2.75) is 26.4 Å². The number of hydrogen-bond acceptors (Lipinski definition) is 5. The Balaban J connectivity index is 2.56. The molecule has 0 aliphatic rings. The van der Waals surface area contributed by atoms with Gasteiger partial charge in [0.1, 0.15) is 12.1 Å². The summed E-state index contributed by atoms with van der Waals surface area (Å²) in [4.78, 5) is 21.5. The Labute approximate surface area is 105 Å². The van der Waals surface area contributed by atoms with Crippen molar-refractivity contribution in [1.82, 2.24) is 0 Å². The van der Waals surface area contributed by atoms with Gasteiger partial charge >= 0.3 is 5.97 Å². The molecule has 6 heteroatoms. The number of hydrogen-bond donors (Lipinski definition) is 1. The average molecular weight is 252 g/mol. The van der Waals surface area contributed by atoms with Gasteiger partial charge in [0.2, 0.25) is 0 Å². The summed E-state index contributed by atoms with van der Waals surface area (Å²) in [5.74, 6) is -0.408. The molecular weight excluding hydrogens is 236 g/mol. The molecule has 0 bridgehead atoms. The number of ether oxygens (including phenoxy) is 1. The Kier molecular flexibility index (Phi) is 4.25. The number of nitro groups is 1. The lowest BCUT2D eigenvalue weighted by Gasteiger charge is -2.19. The molecule has 0 unspecified atom stereocenters. The zero-order valence-electron chi connectivity index (χ0n) is 10.6. The molecule has 0 saturated carbocycles. The van der Waals surface area contributed by atoms with Crippen molar-refractivity contribution in [1.29, 1.82) is 0 Å². The highest BCUT2D eigenvalue weighted by atomic mass is 16.6. The van der Waals surface area contributed by atoms with Crippen LogP contribution in [-0.4, -0.2) is 23.0 Å². The van der Waals surface area contributed by atoms with Crippen molar-refractivity contribution >= 4 is 17.3 Å². The third kappa shape index (κ3) is 4.82. The molecule has 18 heavy (non-hydrogen) atoms. The second-order valence-corrected chi connectivity index (χ2v) is 4.75. The lowest BCUT2D eigenvalue weighted by Crippen LogP contribution is -2.28. The highest BCUT2D eigenvalue weighted by Gasteiger charge is 2.16. The van der Waals surface area contributed by atoms with Crippen LogP contribution in [-0.2, 0) is 9.53 Å². The first-order valence-electron chi connectivity index (χ1n) is 5.48. The molecule has 0 aromatic heterocycles. The van der Waals surface area contributed by atoms with Gasteiger partial charge in [-0.1, -0.05) is 6.07 Å². The van der Waals surface area contributed by atoms with E-state index in [-0.39, 0.29) is 12.2 Å².